The second-order valence-electron chi connectivity index (χ2n) is 6.97. The molecule has 1 atom stereocenters. The molecule has 7 heteroatoms. The van der Waals surface area contributed by atoms with Crippen LogP contribution in [-0.4, -0.2) is 55.6 Å². The van der Waals surface area contributed by atoms with Crippen molar-refractivity contribution >= 4 is 11.8 Å². The lowest BCUT2D eigenvalue weighted by Gasteiger charge is -2.26. The zero-order chi connectivity index (χ0) is 18.9. The van der Waals surface area contributed by atoms with Gasteiger partial charge in [0.1, 0.15) is 0 Å². The number of morpholine rings is 1. The highest BCUT2D eigenvalue weighted by molar-refractivity contribution is 5.87. The third-order valence-electron chi connectivity index (χ3n) is 4.47. The van der Waals surface area contributed by atoms with Gasteiger partial charge in [-0.2, -0.15) is 0 Å². The maximum Gasteiger partial charge on any atom is 0.239 e. The Morgan fingerprint density at radius 1 is 1.12 bits per heavy atom. The van der Waals surface area contributed by atoms with E-state index >= 15 is 0 Å². The van der Waals surface area contributed by atoms with Crippen LogP contribution in [0.1, 0.15) is 25.0 Å². The summed E-state index contributed by atoms with van der Waals surface area (Å²) >= 11 is 0. The minimum Gasteiger partial charge on any atom is -0.379 e. The first-order valence-corrected chi connectivity index (χ1v) is 9.13. The molecule has 0 bridgehead atoms. The van der Waals surface area contributed by atoms with E-state index in [2.05, 4.69) is 27.7 Å². The molecule has 0 unspecified atom stereocenters. The van der Waals surface area contributed by atoms with Crippen LogP contribution in [0.5, 0.6) is 0 Å². The van der Waals surface area contributed by atoms with Crippen molar-refractivity contribution in [1.82, 2.24) is 15.5 Å². The molecule has 26 heavy (non-hydrogen) atoms. The molecule has 1 aliphatic heterocycles. The molecular formula is C19H30N4O3. The van der Waals surface area contributed by atoms with E-state index in [0.717, 1.165) is 38.4 Å². The number of nitrogens with two attached hydrogens (primary N) is 1. The van der Waals surface area contributed by atoms with Gasteiger partial charge < -0.3 is 21.1 Å². The highest BCUT2D eigenvalue weighted by Crippen LogP contribution is 2.09. The van der Waals surface area contributed by atoms with Crippen molar-refractivity contribution < 1.29 is 14.3 Å². The number of amides is 2. The van der Waals surface area contributed by atoms with E-state index in [4.69, 9.17) is 10.5 Å². The number of nitrogens with zero attached hydrogens (tertiary/aromatic N) is 1. The lowest BCUT2D eigenvalue weighted by Crippen LogP contribution is -2.47. The molecule has 0 aliphatic carbocycles. The molecule has 7 nitrogen and oxygen atoms in total. The molecule has 4 N–H and O–H groups in total. The largest absolute Gasteiger partial charge is 0.379 e. The van der Waals surface area contributed by atoms with Crippen LogP contribution in [0.3, 0.4) is 0 Å². The highest BCUT2D eigenvalue weighted by atomic mass is 16.5. The Hall–Kier alpha value is -1.96. The Kier molecular flexibility index (Phi) is 8.03. The van der Waals surface area contributed by atoms with Crippen LogP contribution >= 0.6 is 0 Å². The van der Waals surface area contributed by atoms with Gasteiger partial charge in [-0.25, -0.2) is 0 Å². The Labute approximate surface area is 155 Å². The van der Waals surface area contributed by atoms with Crippen LogP contribution in [0.15, 0.2) is 24.3 Å². The van der Waals surface area contributed by atoms with E-state index in [9.17, 15) is 9.59 Å². The van der Waals surface area contributed by atoms with Gasteiger partial charge in [0, 0.05) is 26.2 Å². The van der Waals surface area contributed by atoms with Crippen LogP contribution in [0.2, 0.25) is 0 Å². The van der Waals surface area contributed by atoms with Gasteiger partial charge in [0.15, 0.2) is 0 Å². The minimum atomic E-state index is -0.596. The Morgan fingerprint density at radius 2 is 1.73 bits per heavy atom. The van der Waals surface area contributed by atoms with E-state index in [-0.39, 0.29) is 24.3 Å². The van der Waals surface area contributed by atoms with Crippen LogP contribution in [0.25, 0.3) is 0 Å². The van der Waals surface area contributed by atoms with Crippen LogP contribution in [0.4, 0.5) is 0 Å². The molecule has 0 aromatic heterocycles. The monoisotopic (exact) mass is 362 g/mol. The molecular weight excluding hydrogens is 332 g/mol. The van der Waals surface area contributed by atoms with Gasteiger partial charge in [-0.3, -0.25) is 14.5 Å². The number of carbonyl (C=O) groups is 2. The van der Waals surface area contributed by atoms with Gasteiger partial charge in [-0.05, 0) is 17.0 Å². The van der Waals surface area contributed by atoms with Gasteiger partial charge >= 0.3 is 0 Å². The Bertz CT molecular complexity index is 583. The minimum absolute atomic E-state index is 0.0361. The quantitative estimate of drug-likeness (QED) is 0.615. The number of benzene rings is 1. The summed E-state index contributed by atoms with van der Waals surface area (Å²) in [6, 6.07) is 7.61. The summed E-state index contributed by atoms with van der Waals surface area (Å²) in [5, 5.41) is 5.36. The molecule has 1 heterocycles. The second kappa shape index (κ2) is 10.3. The van der Waals surface area contributed by atoms with Gasteiger partial charge in [-0.1, -0.05) is 38.1 Å². The van der Waals surface area contributed by atoms with Gasteiger partial charge in [0.05, 0.1) is 25.8 Å². The predicted molar refractivity (Wildman–Crippen MR) is 100 cm³/mol. The summed E-state index contributed by atoms with van der Waals surface area (Å²) in [5.41, 5.74) is 8.01. The number of carbonyl (C=O) groups excluding carboxylic acids is 2. The first kappa shape index (κ1) is 20.4. The average molecular weight is 362 g/mol. The molecule has 0 saturated carbocycles. The first-order valence-electron chi connectivity index (χ1n) is 9.13. The summed E-state index contributed by atoms with van der Waals surface area (Å²) in [6.45, 7) is 8.54. The fraction of sp³-hybridized carbons (Fsp3) is 0.579. The van der Waals surface area contributed by atoms with E-state index in [1.165, 1.54) is 5.56 Å². The predicted octanol–water partition coefficient (Wildman–Crippen LogP) is 0.235. The summed E-state index contributed by atoms with van der Waals surface area (Å²) in [7, 11) is 0. The van der Waals surface area contributed by atoms with Crippen molar-refractivity contribution in [3.05, 3.63) is 35.4 Å². The van der Waals surface area contributed by atoms with Crippen molar-refractivity contribution in [3.8, 4) is 0 Å². The summed E-state index contributed by atoms with van der Waals surface area (Å²) in [5.74, 6) is -0.497. The summed E-state index contributed by atoms with van der Waals surface area (Å²) < 4.78 is 5.36. The number of nitrogens with one attached hydrogen (secondary N) is 2. The molecule has 1 fully saturated rings. The molecule has 2 rings (SSSR count). The van der Waals surface area contributed by atoms with Crippen LogP contribution < -0.4 is 16.4 Å². The molecule has 1 aromatic rings. The fourth-order valence-corrected chi connectivity index (χ4v) is 2.63. The van der Waals surface area contributed by atoms with Crippen LogP contribution in [0, 0.1) is 5.92 Å². The first-order chi connectivity index (χ1) is 12.5. The van der Waals surface area contributed by atoms with Gasteiger partial charge in [0.2, 0.25) is 11.8 Å². The topological polar surface area (TPSA) is 96.7 Å². The van der Waals surface area contributed by atoms with E-state index in [1.54, 1.807) is 0 Å². The maximum atomic E-state index is 11.9. The van der Waals surface area contributed by atoms with Crippen molar-refractivity contribution in [2.45, 2.75) is 33.0 Å². The maximum absolute atomic E-state index is 11.9. The second-order valence-corrected chi connectivity index (χ2v) is 6.97. The lowest BCUT2D eigenvalue weighted by atomic mass is 10.1. The SMILES string of the molecule is CC(C)[C@H](N)C(=O)NCC(=O)NCc1ccc(CN2CCOCC2)cc1. The third-order valence-corrected chi connectivity index (χ3v) is 4.47. The van der Waals surface area contributed by atoms with Crippen molar-refractivity contribution in [2.75, 3.05) is 32.8 Å². The summed E-state index contributed by atoms with van der Waals surface area (Å²) in [6.07, 6.45) is 0. The zero-order valence-electron chi connectivity index (χ0n) is 15.7. The Morgan fingerprint density at radius 3 is 2.35 bits per heavy atom. The smallest absolute Gasteiger partial charge is 0.239 e. The molecule has 1 aromatic carbocycles. The molecule has 0 radical (unpaired) electrons. The normalized spacial score (nSPS) is 16.3. The van der Waals surface area contributed by atoms with Crippen molar-refractivity contribution in [1.29, 1.82) is 0 Å². The van der Waals surface area contributed by atoms with E-state index in [0.29, 0.717) is 6.54 Å². The molecule has 1 saturated heterocycles. The molecule has 1 aliphatic rings. The third kappa shape index (κ3) is 6.74. The fourth-order valence-electron chi connectivity index (χ4n) is 2.63. The standard InChI is InChI=1S/C19H30N4O3/c1-14(2)18(20)19(25)22-12-17(24)21-11-15-3-5-16(6-4-15)13-23-7-9-26-10-8-23/h3-6,14,18H,7-13,20H2,1-2H3,(H,21,24)(H,22,25)/t18-/m0/s1. The number of ether oxygens (including phenoxy) is 1. The molecule has 0 spiro atoms. The average Bonchev–Trinajstić information content (AvgIpc) is 2.65. The lowest BCUT2D eigenvalue weighted by molar-refractivity contribution is -0.127. The van der Waals surface area contributed by atoms with E-state index < -0.39 is 6.04 Å². The summed E-state index contributed by atoms with van der Waals surface area (Å²) in [4.78, 5) is 26.0. The number of rotatable bonds is 8. The van der Waals surface area contributed by atoms with Crippen LogP contribution in [-0.2, 0) is 27.4 Å². The number of hydrogen-bond acceptors (Lipinski definition) is 5. The molecule has 144 valence electrons. The number of hydrogen-bond donors (Lipinski definition) is 3. The van der Waals surface area contributed by atoms with Gasteiger partial charge in [0.25, 0.3) is 0 Å². The highest BCUT2D eigenvalue weighted by Gasteiger charge is 2.17. The van der Waals surface area contributed by atoms with E-state index in [1.807, 2.05) is 26.0 Å². The zero-order valence-corrected chi connectivity index (χ0v) is 15.7. The van der Waals surface area contributed by atoms with Crippen molar-refractivity contribution in [2.24, 2.45) is 11.7 Å². The van der Waals surface area contributed by atoms with Gasteiger partial charge in [-0.15, -0.1) is 0 Å². The van der Waals surface area contributed by atoms with Crippen molar-refractivity contribution in [3.63, 3.8) is 0 Å². The molecule has 2 amide bonds. The Balaban J connectivity index is 1.70.